The molecule has 0 radical (unpaired) electrons. The molecule has 8 N–H and O–H groups in total. The van der Waals surface area contributed by atoms with E-state index < -0.39 is 66.0 Å². The van der Waals surface area contributed by atoms with Crippen LogP contribution in [0, 0.1) is 0 Å². The van der Waals surface area contributed by atoms with Crippen LogP contribution in [-0.4, -0.2) is 97.9 Å². The van der Waals surface area contributed by atoms with Crippen molar-refractivity contribution in [2.75, 3.05) is 6.54 Å². The first kappa shape index (κ1) is 26.3. The maximum Gasteiger partial charge on any atom is 0.326 e. The summed E-state index contributed by atoms with van der Waals surface area (Å²) >= 11 is 0. The fourth-order valence-corrected chi connectivity index (χ4v) is 3.17. The molecule has 0 aromatic carbocycles. The second kappa shape index (κ2) is 11.6. The number of nitrogens with one attached hydrogen (secondary N) is 2. The molecule has 1 fully saturated rings. The standard InChI is InChI=1S/C18H30N4O9/c1-8(23)13(20-15(27)10(19)5-6-12(25)26)16(28)21-14(9(2)24)17(29)22-7-3-4-11(22)18(30)31/h8-11,13-14,23-24H,3-7,19H2,1-2H3,(H,20,27)(H,21,28)(H,25,26)(H,30,31). The Hall–Kier alpha value is -2.77. The van der Waals surface area contributed by atoms with E-state index in [0.717, 1.165) is 4.90 Å². The zero-order chi connectivity index (χ0) is 23.9. The normalized spacial score (nSPS) is 20.8. The molecule has 6 atom stereocenters. The van der Waals surface area contributed by atoms with Crippen LogP contribution in [0.15, 0.2) is 0 Å². The van der Waals surface area contributed by atoms with E-state index in [1.807, 2.05) is 0 Å². The van der Waals surface area contributed by atoms with Gasteiger partial charge in [-0.15, -0.1) is 0 Å². The highest BCUT2D eigenvalue weighted by Crippen LogP contribution is 2.19. The molecule has 0 aliphatic carbocycles. The van der Waals surface area contributed by atoms with Crippen LogP contribution in [0.2, 0.25) is 0 Å². The lowest BCUT2D eigenvalue weighted by atomic mass is 10.1. The monoisotopic (exact) mass is 446 g/mol. The van der Waals surface area contributed by atoms with Gasteiger partial charge in [-0.2, -0.15) is 0 Å². The van der Waals surface area contributed by atoms with Crippen molar-refractivity contribution in [3.63, 3.8) is 0 Å². The summed E-state index contributed by atoms with van der Waals surface area (Å²) in [5.74, 6) is -5.05. The highest BCUT2D eigenvalue weighted by molar-refractivity contribution is 5.94. The molecule has 0 saturated carbocycles. The summed E-state index contributed by atoms with van der Waals surface area (Å²) < 4.78 is 0. The van der Waals surface area contributed by atoms with Gasteiger partial charge in [-0.3, -0.25) is 19.2 Å². The summed E-state index contributed by atoms with van der Waals surface area (Å²) in [6, 6.07) is -5.39. The fourth-order valence-electron chi connectivity index (χ4n) is 3.17. The minimum atomic E-state index is -1.55. The minimum Gasteiger partial charge on any atom is -0.481 e. The molecule has 1 heterocycles. The molecular weight excluding hydrogens is 416 g/mol. The van der Waals surface area contributed by atoms with Gasteiger partial charge in [0.05, 0.1) is 18.2 Å². The lowest BCUT2D eigenvalue weighted by Gasteiger charge is -2.30. The number of aliphatic carboxylic acids is 2. The van der Waals surface area contributed by atoms with Crippen molar-refractivity contribution < 1.29 is 44.4 Å². The number of aliphatic hydroxyl groups is 2. The van der Waals surface area contributed by atoms with Gasteiger partial charge in [0.1, 0.15) is 18.1 Å². The number of carboxylic acid groups (broad SMARTS) is 2. The number of hydrogen-bond acceptors (Lipinski definition) is 8. The second-order valence-corrected chi connectivity index (χ2v) is 7.52. The van der Waals surface area contributed by atoms with Gasteiger partial charge in [0.15, 0.2) is 0 Å². The summed E-state index contributed by atoms with van der Waals surface area (Å²) in [5, 5.41) is 42.3. The van der Waals surface area contributed by atoms with Crippen LogP contribution >= 0.6 is 0 Å². The maximum absolute atomic E-state index is 12.8. The lowest BCUT2D eigenvalue weighted by Crippen LogP contribution is -2.61. The summed E-state index contributed by atoms with van der Waals surface area (Å²) in [6.07, 6.45) is -2.70. The highest BCUT2D eigenvalue weighted by Gasteiger charge is 2.40. The molecule has 0 aromatic rings. The van der Waals surface area contributed by atoms with Crippen LogP contribution in [0.25, 0.3) is 0 Å². The number of likely N-dealkylation sites (tertiary alicyclic amines) is 1. The van der Waals surface area contributed by atoms with Crippen LogP contribution in [-0.2, 0) is 24.0 Å². The Labute approximate surface area is 178 Å². The minimum absolute atomic E-state index is 0.143. The Kier molecular flexibility index (Phi) is 9.81. The molecule has 13 heteroatoms. The van der Waals surface area contributed by atoms with Crippen molar-refractivity contribution in [1.82, 2.24) is 15.5 Å². The van der Waals surface area contributed by atoms with Gasteiger partial charge in [0.25, 0.3) is 0 Å². The zero-order valence-corrected chi connectivity index (χ0v) is 17.4. The smallest absolute Gasteiger partial charge is 0.326 e. The molecule has 1 rings (SSSR count). The van der Waals surface area contributed by atoms with Gasteiger partial charge in [-0.25, -0.2) is 4.79 Å². The van der Waals surface area contributed by atoms with E-state index in [1.165, 1.54) is 13.8 Å². The number of amides is 3. The van der Waals surface area contributed by atoms with Gasteiger partial charge in [-0.1, -0.05) is 0 Å². The first-order valence-corrected chi connectivity index (χ1v) is 9.84. The molecule has 3 amide bonds. The van der Waals surface area contributed by atoms with Crippen LogP contribution in [0.3, 0.4) is 0 Å². The summed E-state index contributed by atoms with van der Waals surface area (Å²) in [7, 11) is 0. The molecule has 31 heavy (non-hydrogen) atoms. The van der Waals surface area contributed by atoms with Crippen molar-refractivity contribution in [1.29, 1.82) is 0 Å². The molecule has 176 valence electrons. The van der Waals surface area contributed by atoms with E-state index in [1.54, 1.807) is 0 Å². The first-order valence-electron chi connectivity index (χ1n) is 9.84. The molecule has 0 aromatic heterocycles. The number of rotatable bonds is 11. The highest BCUT2D eigenvalue weighted by atomic mass is 16.4. The van der Waals surface area contributed by atoms with Gasteiger partial charge in [0, 0.05) is 13.0 Å². The Balaban J connectivity index is 2.89. The van der Waals surface area contributed by atoms with Crippen LogP contribution in [0.5, 0.6) is 0 Å². The Morgan fingerprint density at radius 3 is 2.03 bits per heavy atom. The SMILES string of the molecule is CC(O)C(NC(=O)C(N)CCC(=O)O)C(=O)NC(C(=O)N1CCCC1C(=O)O)C(C)O. The Morgan fingerprint density at radius 2 is 1.55 bits per heavy atom. The van der Waals surface area contributed by atoms with Crippen molar-refractivity contribution in [2.24, 2.45) is 5.73 Å². The molecule has 6 unspecified atom stereocenters. The Morgan fingerprint density at radius 1 is 1.00 bits per heavy atom. The third-order valence-corrected chi connectivity index (χ3v) is 4.94. The third-order valence-electron chi connectivity index (χ3n) is 4.94. The number of hydrogen-bond donors (Lipinski definition) is 7. The summed E-state index contributed by atoms with van der Waals surface area (Å²) in [5.41, 5.74) is 5.59. The predicted octanol–water partition coefficient (Wildman–Crippen LogP) is -3.01. The molecule has 1 aliphatic heterocycles. The average molecular weight is 446 g/mol. The van der Waals surface area contributed by atoms with Crippen molar-refractivity contribution in [3.8, 4) is 0 Å². The van der Waals surface area contributed by atoms with Gasteiger partial charge in [0.2, 0.25) is 17.7 Å². The molecule has 13 nitrogen and oxygen atoms in total. The molecule has 1 aliphatic rings. The second-order valence-electron chi connectivity index (χ2n) is 7.52. The van der Waals surface area contributed by atoms with Gasteiger partial charge < -0.3 is 41.7 Å². The first-order chi connectivity index (χ1) is 14.4. The lowest BCUT2D eigenvalue weighted by molar-refractivity contribution is -0.151. The molecule has 0 bridgehead atoms. The van der Waals surface area contributed by atoms with E-state index in [0.29, 0.717) is 6.42 Å². The maximum atomic E-state index is 12.8. The van der Waals surface area contributed by atoms with Crippen LogP contribution in [0.4, 0.5) is 0 Å². The number of nitrogens with two attached hydrogens (primary N) is 1. The number of carbonyl (C=O) groups is 5. The molecule has 1 saturated heterocycles. The number of aliphatic hydroxyl groups excluding tert-OH is 2. The molecular formula is C18H30N4O9. The molecule has 0 spiro atoms. The third kappa shape index (κ3) is 7.45. The largest absolute Gasteiger partial charge is 0.481 e. The zero-order valence-electron chi connectivity index (χ0n) is 17.4. The number of carboxylic acids is 2. The van der Waals surface area contributed by atoms with Crippen LogP contribution < -0.4 is 16.4 Å². The quantitative estimate of drug-likeness (QED) is 0.170. The van der Waals surface area contributed by atoms with Crippen LogP contribution in [0.1, 0.15) is 39.5 Å². The van der Waals surface area contributed by atoms with E-state index in [2.05, 4.69) is 10.6 Å². The van der Waals surface area contributed by atoms with E-state index >= 15 is 0 Å². The summed E-state index contributed by atoms with van der Waals surface area (Å²) in [4.78, 5) is 60.5. The van der Waals surface area contributed by atoms with Gasteiger partial charge >= 0.3 is 11.9 Å². The van der Waals surface area contributed by atoms with E-state index in [9.17, 15) is 39.3 Å². The van der Waals surface area contributed by atoms with E-state index in [4.69, 9.17) is 10.8 Å². The number of carbonyl (C=O) groups excluding carboxylic acids is 3. The van der Waals surface area contributed by atoms with E-state index in [-0.39, 0.29) is 25.8 Å². The van der Waals surface area contributed by atoms with Crippen molar-refractivity contribution in [3.05, 3.63) is 0 Å². The average Bonchev–Trinajstić information content (AvgIpc) is 3.17. The van der Waals surface area contributed by atoms with Crippen molar-refractivity contribution in [2.45, 2.75) is 75.9 Å². The van der Waals surface area contributed by atoms with Gasteiger partial charge in [-0.05, 0) is 33.1 Å². The Bertz CT molecular complexity index is 698. The van der Waals surface area contributed by atoms with Crippen molar-refractivity contribution >= 4 is 29.7 Å². The number of nitrogens with zero attached hydrogens (tertiary/aromatic N) is 1. The predicted molar refractivity (Wildman–Crippen MR) is 104 cm³/mol. The topological polar surface area (TPSA) is 220 Å². The fraction of sp³-hybridized carbons (Fsp3) is 0.722. The summed E-state index contributed by atoms with van der Waals surface area (Å²) in [6.45, 7) is 2.57.